The highest BCUT2D eigenvalue weighted by molar-refractivity contribution is 8.26. The van der Waals surface area contributed by atoms with Gasteiger partial charge in [-0.25, -0.2) is 4.79 Å². The molecule has 1 aliphatic rings. The van der Waals surface area contributed by atoms with Gasteiger partial charge in [-0.2, -0.15) is 4.99 Å². The summed E-state index contributed by atoms with van der Waals surface area (Å²) >= 11 is 1.26. The molecular formula is C12H10N3O3S. The Labute approximate surface area is 113 Å². The third-order valence-corrected chi connectivity index (χ3v) is 3.30. The van der Waals surface area contributed by atoms with E-state index in [0.29, 0.717) is 10.7 Å². The van der Waals surface area contributed by atoms with Crippen molar-refractivity contribution in [2.45, 2.75) is 13.3 Å². The molecule has 1 aliphatic heterocycles. The number of hydrogen-bond donors (Lipinski definition) is 1. The molecule has 0 aliphatic carbocycles. The minimum atomic E-state index is -1.03. The fourth-order valence-electron chi connectivity index (χ4n) is 1.34. The van der Waals surface area contributed by atoms with E-state index < -0.39 is 11.9 Å². The van der Waals surface area contributed by atoms with Crippen LogP contribution in [-0.4, -0.2) is 27.2 Å². The number of carboxylic acid groups (broad SMARTS) is 1. The summed E-state index contributed by atoms with van der Waals surface area (Å²) < 4.78 is 0. The van der Waals surface area contributed by atoms with E-state index in [4.69, 9.17) is 5.11 Å². The van der Waals surface area contributed by atoms with Crippen molar-refractivity contribution < 1.29 is 14.7 Å². The number of amides is 1. The van der Waals surface area contributed by atoms with Gasteiger partial charge in [0.05, 0.1) is 5.56 Å². The van der Waals surface area contributed by atoms with E-state index in [-0.39, 0.29) is 5.56 Å². The molecule has 97 valence electrons. The SMILES string of the molecule is CCC1=N[N]C(=NC(=O)c2ccc(C(=O)O)cc2)S1. The summed E-state index contributed by atoms with van der Waals surface area (Å²) in [5.74, 6) is -1.50. The second-order valence-electron chi connectivity index (χ2n) is 3.63. The number of carbonyl (C=O) groups excluding carboxylic acids is 1. The fourth-order valence-corrected chi connectivity index (χ4v) is 1.99. The average Bonchev–Trinajstić information content (AvgIpc) is 2.86. The highest BCUT2D eigenvalue weighted by atomic mass is 32.2. The lowest BCUT2D eigenvalue weighted by atomic mass is 10.1. The van der Waals surface area contributed by atoms with Crippen LogP contribution in [0.2, 0.25) is 0 Å². The van der Waals surface area contributed by atoms with Crippen LogP contribution in [0.4, 0.5) is 0 Å². The van der Waals surface area contributed by atoms with Gasteiger partial charge in [0.15, 0.2) is 0 Å². The van der Waals surface area contributed by atoms with Crippen LogP contribution in [0.5, 0.6) is 0 Å². The number of amidine groups is 1. The van der Waals surface area contributed by atoms with Gasteiger partial charge in [0, 0.05) is 5.56 Å². The molecule has 0 spiro atoms. The minimum absolute atomic E-state index is 0.126. The standard InChI is InChI=1S/C12H10N3O3S/c1-2-9-14-15-12(19-9)13-10(16)7-3-5-8(6-4-7)11(17)18/h3-6H,2H2,1H3,(H,17,18). The van der Waals surface area contributed by atoms with Gasteiger partial charge in [0.1, 0.15) is 5.04 Å². The Kier molecular flexibility index (Phi) is 3.96. The van der Waals surface area contributed by atoms with Crippen LogP contribution >= 0.6 is 11.8 Å². The number of aliphatic imine (C=N–C) groups is 1. The number of hydrogen-bond acceptors (Lipinski definition) is 4. The van der Waals surface area contributed by atoms with Crippen LogP contribution in [0.25, 0.3) is 0 Å². The number of nitrogens with zero attached hydrogens (tertiary/aromatic N) is 3. The second-order valence-corrected chi connectivity index (χ2v) is 4.67. The fraction of sp³-hybridized carbons (Fsp3) is 0.167. The molecule has 1 heterocycles. The molecule has 1 amide bonds. The summed E-state index contributed by atoms with van der Waals surface area (Å²) in [5.41, 5.74) is 4.23. The molecular weight excluding hydrogens is 266 g/mol. The predicted octanol–water partition coefficient (Wildman–Crippen LogP) is 1.96. The van der Waals surface area contributed by atoms with Crippen molar-refractivity contribution in [2.75, 3.05) is 0 Å². The molecule has 0 fully saturated rings. The lowest BCUT2D eigenvalue weighted by Crippen LogP contribution is -2.05. The minimum Gasteiger partial charge on any atom is -0.478 e. The Morgan fingerprint density at radius 1 is 1.26 bits per heavy atom. The summed E-state index contributed by atoms with van der Waals surface area (Å²) in [6, 6.07) is 5.58. The zero-order valence-corrected chi connectivity index (χ0v) is 10.8. The monoisotopic (exact) mass is 276 g/mol. The summed E-state index contributed by atoms with van der Waals surface area (Å²) in [7, 11) is 0. The Morgan fingerprint density at radius 2 is 1.89 bits per heavy atom. The van der Waals surface area contributed by atoms with Crippen LogP contribution in [0.3, 0.4) is 0 Å². The zero-order chi connectivity index (χ0) is 13.8. The summed E-state index contributed by atoms with van der Waals surface area (Å²) in [5, 5.41) is 13.7. The van der Waals surface area contributed by atoms with Crippen LogP contribution in [-0.2, 0) is 0 Å². The highest BCUT2D eigenvalue weighted by Crippen LogP contribution is 2.16. The van der Waals surface area contributed by atoms with Crippen molar-refractivity contribution in [3.63, 3.8) is 0 Å². The number of benzene rings is 1. The molecule has 0 atom stereocenters. The van der Waals surface area contributed by atoms with Gasteiger partial charge >= 0.3 is 5.97 Å². The maximum Gasteiger partial charge on any atom is 0.335 e. The molecule has 0 saturated heterocycles. The van der Waals surface area contributed by atoms with Crippen molar-refractivity contribution in [2.24, 2.45) is 10.1 Å². The Bertz CT molecular complexity index is 578. The molecule has 0 bridgehead atoms. The Hall–Kier alpha value is -2.15. The molecule has 1 aromatic carbocycles. The van der Waals surface area contributed by atoms with Crippen molar-refractivity contribution in [3.8, 4) is 0 Å². The first-order valence-corrected chi connectivity index (χ1v) is 6.33. The number of carbonyl (C=O) groups is 2. The molecule has 1 radical (unpaired) electrons. The molecule has 2 rings (SSSR count). The number of aromatic carboxylic acids is 1. The van der Waals surface area contributed by atoms with Gasteiger partial charge in [-0.3, -0.25) is 4.79 Å². The van der Waals surface area contributed by atoms with E-state index in [0.717, 1.165) is 11.5 Å². The molecule has 1 aromatic rings. The largest absolute Gasteiger partial charge is 0.478 e. The van der Waals surface area contributed by atoms with Gasteiger partial charge in [0.2, 0.25) is 5.17 Å². The molecule has 7 heteroatoms. The third-order valence-electron chi connectivity index (χ3n) is 2.33. The van der Waals surface area contributed by atoms with E-state index in [1.807, 2.05) is 6.92 Å². The number of thioether (sulfide) groups is 1. The quantitative estimate of drug-likeness (QED) is 0.913. The smallest absolute Gasteiger partial charge is 0.335 e. The van der Waals surface area contributed by atoms with Gasteiger partial charge in [-0.1, -0.05) is 6.92 Å². The molecule has 0 saturated carbocycles. The average molecular weight is 276 g/mol. The summed E-state index contributed by atoms with van der Waals surface area (Å²) in [6.07, 6.45) is 0.745. The topological polar surface area (TPSA) is 93.2 Å². The molecule has 1 N–H and O–H groups in total. The number of rotatable bonds is 3. The van der Waals surface area contributed by atoms with E-state index in [2.05, 4.69) is 15.5 Å². The number of carboxylic acids is 1. The summed E-state index contributed by atoms with van der Waals surface area (Å²) in [4.78, 5) is 26.3. The van der Waals surface area contributed by atoms with E-state index >= 15 is 0 Å². The first kappa shape index (κ1) is 13.3. The highest BCUT2D eigenvalue weighted by Gasteiger charge is 2.17. The zero-order valence-electron chi connectivity index (χ0n) is 10.0. The van der Waals surface area contributed by atoms with Crippen molar-refractivity contribution in [3.05, 3.63) is 35.4 Å². The summed E-state index contributed by atoms with van der Waals surface area (Å²) in [6.45, 7) is 1.94. The van der Waals surface area contributed by atoms with Crippen LogP contribution in [0.1, 0.15) is 34.1 Å². The van der Waals surface area contributed by atoms with E-state index in [1.165, 1.54) is 36.0 Å². The first-order valence-electron chi connectivity index (χ1n) is 5.52. The lowest BCUT2D eigenvalue weighted by molar-refractivity contribution is 0.0696. The Morgan fingerprint density at radius 3 is 2.42 bits per heavy atom. The van der Waals surface area contributed by atoms with Gasteiger partial charge in [-0.05, 0) is 42.4 Å². The molecule has 0 aromatic heterocycles. The van der Waals surface area contributed by atoms with Crippen LogP contribution in [0, 0.1) is 0 Å². The second kappa shape index (κ2) is 5.66. The van der Waals surface area contributed by atoms with Gasteiger partial charge in [-0.15, -0.1) is 10.5 Å². The molecule has 0 unspecified atom stereocenters. The van der Waals surface area contributed by atoms with E-state index in [1.54, 1.807) is 0 Å². The van der Waals surface area contributed by atoms with Gasteiger partial charge < -0.3 is 5.11 Å². The third kappa shape index (κ3) is 3.19. The first-order chi connectivity index (χ1) is 9.10. The predicted molar refractivity (Wildman–Crippen MR) is 72.6 cm³/mol. The lowest BCUT2D eigenvalue weighted by Gasteiger charge is -1.97. The van der Waals surface area contributed by atoms with Crippen molar-refractivity contribution in [1.29, 1.82) is 0 Å². The molecule has 6 nitrogen and oxygen atoms in total. The molecule has 19 heavy (non-hydrogen) atoms. The van der Waals surface area contributed by atoms with Gasteiger partial charge in [0.25, 0.3) is 5.91 Å². The van der Waals surface area contributed by atoms with E-state index in [9.17, 15) is 9.59 Å². The maximum absolute atomic E-state index is 11.8. The van der Waals surface area contributed by atoms with Crippen molar-refractivity contribution in [1.82, 2.24) is 5.43 Å². The Balaban J connectivity index is 2.09. The maximum atomic E-state index is 11.8. The van der Waals surface area contributed by atoms with Crippen LogP contribution in [0.15, 0.2) is 34.4 Å². The van der Waals surface area contributed by atoms with Crippen molar-refractivity contribution >= 4 is 33.8 Å². The van der Waals surface area contributed by atoms with Crippen LogP contribution < -0.4 is 5.43 Å². The normalized spacial score (nSPS) is 16.1.